The van der Waals surface area contributed by atoms with Crippen LogP contribution in [0.5, 0.6) is 0 Å². The van der Waals surface area contributed by atoms with Crippen LogP contribution < -0.4 is 11.3 Å². The molecule has 0 unspecified atom stereocenters. The van der Waals surface area contributed by atoms with E-state index in [1.807, 2.05) is 0 Å². The average Bonchev–Trinajstić information content (AvgIpc) is 2.61. The van der Waals surface area contributed by atoms with Gasteiger partial charge in [0.25, 0.3) is 11.5 Å². The first-order valence-electron chi connectivity index (χ1n) is 6.70. The van der Waals surface area contributed by atoms with Crippen LogP contribution in [0.3, 0.4) is 0 Å². The predicted octanol–water partition coefficient (Wildman–Crippen LogP) is -0.579. The molecule has 1 spiro atoms. The van der Waals surface area contributed by atoms with E-state index in [1.165, 1.54) is 6.07 Å². The predicted molar refractivity (Wildman–Crippen MR) is 69.6 cm³/mol. The Morgan fingerprint density at radius 3 is 2.75 bits per heavy atom. The van der Waals surface area contributed by atoms with Crippen molar-refractivity contribution >= 4 is 5.91 Å². The maximum atomic E-state index is 12.2. The molecule has 0 atom stereocenters. The highest BCUT2D eigenvalue weighted by atomic mass is 16.5. The minimum atomic E-state index is -0.683. The first-order valence-corrected chi connectivity index (χ1v) is 6.70. The third-order valence-corrected chi connectivity index (χ3v) is 4.02. The molecule has 1 aromatic rings. The molecule has 2 aliphatic rings. The van der Waals surface area contributed by atoms with E-state index in [4.69, 9.17) is 15.2 Å². The highest BCUT2D eigenvalue weighted by Crippen LogP contribution is 2.34. The summed E-state index contributed by atoms with van der Waals surface area (Å²) in [5.74, 6) is -0.0718. The van der Waals surface area contributed by atoms with E-state index in [2.05, 4.69) is 4.98 Å². The van der Waals surface area contributed by atoms with Gasteiger partial charge < -0.3 is 15.2 Å². The van der Waals surface area contributed by atoms with Crippen LogP contribution in [0.15, 0.2) is 10.9 Å². The number of rotatable bonds is 1. The smallest absolute Gasteiger partial charge is 0.267 e. The van der Waals surface area contributed by atoms with Crippen LogP contribution in [0.4, 0.5) is 0 Å². The maximum absolute atomic E-state index is 12.2. The second-order valence-corrected chi connectivity index (χ2v) is 5.26. The van der Waals surface area contributed by atoms with Crippen LogP contribution in [0.1, 0.15) is 29.2 Å². The van der Waals surface area contributed by atoms with Gasteiger partial charge >= 0.3 is 0 Å². The quantitative estimate of drug-likeness (QED) is 0.742. The first-order chi connectivity index (χ1) is 9.62. The summed E-state index contributed by atoms with van der Waals surface area (Å²) in [6.45, 7) is 2.60. The molecular formula is C13H17N3O4. The molecule has 2 aliphatic heterocycles. The Kier molecular flexibility index (Phi) is 3.31. The van der Waals surface area contributed by atoms with Crippen LogP contribution in [0, 0.1) is 0 Å². The van der Waals surface area contributed by atoms with Gasteiger partial charge in [0.05, 0.1) is 25.2 Å². The highest BCUT2D eigenvalue weighted by molar-refractivity contribution is 5.90. The summed E-state index contributed by atoms with van der Waals surface area (Å²) in [6, 6.07) is 1.20. The number of fused-ring (bicyclic) bond motifs is 2. The molecule has 7 heteroatoms. The van der Waals surface area contributed by atoms with Crippen LogP contribution >= 0.6 is 0 Å². The van der Waals surface area contributed by atoms with Gasteiger partial charge in [0, 0.05) is 19.3 Å². The summed E-state index contributed by atoms with van der Waals surface area (Å²) in [4.78, 5) is 27.9. The zero-order valence-electron chi connectivity index (χ0n) is 11.1. The Bertz CT molecular complexity index is 590. The lowest BCUT2D eigenvalue weighted by Gasteiger charge is -2.35. The largest absolute Gasteiger partial charge is 0.381 e. The van der Waals surface area contributed by atoms with Gasteiger partial charge in [0.1, 0.15) is 11.5 Å². The van der Waals surface area contributed by atoms with E-state index in [1.54, 1.807) is 4.57 Å². The summed E-state index contributed by atoms with van der Waals surface area (Å²) in [7, 11) is 0. The number of carbonyl (C=O) groups excluding carboxylic acids is 1. The molecule has 108 valence electrons. The van der Waals surface area contributed by atoms with E-state index in [9.17, 15) is 9.59 Å². The summed E-state index contributed by atoms with van der Waals surface area (Å²) >= 11 is 0. The second-order valence-electron chi connectivity index (χ2n) is 5.26. The summed E-state index contributed by atoms with van der Waals surface area (Å²) in [6.07, 6.45) is 1.45. The summed E-state index contributed by atoms with van der Waals surface area (Å²) in [5, 5.41) is 0. The van der Waals surface area contributed by atoms with Gasteiger partial charge in [-0.2, -0.15) is 0 Å². The standard InChI is InChI=1S/C13H17N3O4/c14-11(18)9-7-10(17)16-3-6-20-8-13(12(16)15-9)1-4-19-5-2-13/h7H,1-6,8H2,(H2,14,18). The highest BCUT2D eigenvalue weighted by Gasteiger charge is 2.40. The third-order valence-electron chi connectivity index (χ3n) is 4.02. The van der Waals surface area contributed by atoms with Crippen molar-refractivity contribution in [1.82, 2.24) is 9.55 Å². The van der Waals surface area contributed by atoms with Crippen molar-refractivity contribution in [3.8, 4) is 0 Å². The Hall–Kier alpha value is -1.73. The van der Waals surface area contributed by atoms with Crippen molar-refractivity contribution in [1.29, 1.82) is 0 Å². The lowest BCUT2D eigenvalue weighted by molar-refractivity contribution is 0.00416. The number of nitrogens with zero attached hydrogens (tertiary/aromatic N) is 2. The molecule has 1 saturated heterocycles. The Labute approximate surface area is 115 Å². The molecule has 0 bridgehead atoms. The molecule has 1 amide bonds. The van der Waals surface area contributed by atoms with Gasteiger partial charge in [0.15, 0.2) is 0 Å². The van der Waals surface area contributed by atoms with Gasteiger partial charge in [-0.1, -0.05) is 0 Å². The molecule has 0 aromatic carbocycles. The fourth-order valence-electron chi connectivity index (χ4n) is 2.87. The minimum Gasteiger partial charge on any atom is -0.381 e. The number of ether oxygens (including phenoxy) is 2. The molecule has 2 N–H and O–H groups in total. The first kappa shape index (κ1) is 13.3. The molecule has 3 heterocycles. The maximum Gasteiger partial charge on any atom is 0.267 e. The molecule has 0 radical (unpaired) electrons. The summed E-state index contributed by atoms with van der Waals surface area (Å²) < 4.78 is 12.7. The molecule has 0 aliphatic carbocycles. The van der Waals surface area contributed by atoms with Crippen molar-refractivity contribution in [3.63, 3.8) is 0 Å². The Morgan fingerprint density at radius 2 is 2.05 bits per heavy atom. The van der Waals surface area contributed by atoms with Gasteiger partial charge in [-0.3, -0.25) is 14.2 Å². The molecule has 0 saturated carbocycles. The van der Waals surface area contributed by atoms with Gasteiger partial charge in [-0.25, -0.2) is 4.98 Å². The lowest BCUT2D eigenvalue weighted by Crippen LogP contribution is -2.42. The van der Waals surface area contributed by atoms with E-state index < -0.39 is 5.91 Å². The number of nitrogens with two attached hydrogens (primary N) is 1. The SMILES string of the molecule is NC(=O)c1cc(=O)n2c(n1)C1(CCOCC1)COCC2. The van der Waals surface area contributed by atoms with E-state index in [0.717, 1.165) is 12.8 Å². The topological polar surface area (TPSA) is 96.4 Å². The Morgan fingerprint density at radius 1 is 1.30 bits per heavy atom. The number of hydrogen-bond acceptors (Lipinski definition) is 5. The normalized spacial score (nSPS) is 21.2. The molecule has 20 heavy (non-hydrogen) atoms. The molecule has 7 nitrogen and oxygen atoms in total. The number of amides is 1. The van der Waals surface area contributed by atoms with Crippen LogP contribution in [0.2, 0.25) is 0 Å². The van der Waals surface area contributed by atoms with Crippen molar-refractivity contribution in [2.75, 3.05) is 26.4 Å². The lowest BCUT2D eigenvalue weighted by atomic mass is 9.80. The number of aromatic nitrogens is 2. The number of primary amides is 1. The van der Waals surface area contributed by atoms with Crippen LogP contribution in [-0.2, 0) is 21.4 Å². The van der Waals surface area contributed by atoms with E-state index in [0.29, 0.717) is 38.8 Å². The van der Waals surface area contributed by atoms with Gasteiger partial charge in [-0.05, 0) is 12.8 Å². The molecule has 3 rings (SSSR count). The number of hydrogen-bond donors (Lipinski definition) is 1. The fraction of sp³-hybridized carbons (Fsp3) is 0.615. The average molecular weight is 279 g/mol. The van der Waals surface area contributed by atoms with Crippen LogP contribution in [-0.4, -0.2) is 41.9 Å². The molecule has 1 aromatic heterocycles. The summed E-state index contributed by atoms with van der Waals surface area (Å²) in [5.41, 5.74) is 4.68. The molecular weight excluding hydrogens is 262 g/mol. The van der Waals surface area contributed by atoms with E-state index in [-0.39, 0.29) is 16.7 Å². The van der Waals surface area contributed by atoms with Gasteiger partial charge in [0.2, 0.25) is 0 Å². The van der Waals surface area contributed by atoms with Gasteiger partial charge in [-0.15, -0.1) is 0 Å². The zero-order chi connectivity index (χ0) is 14.2. The fourth-order valence-corrected chi connectivity index (χ4v) is 2.87. The molecule has 1 fully saturated rings. The second kappa shape index (κ2) is 4.99. The minimum absolute atomic E-state index is 0.0222. The zero-order valence-corrected chi connectivity index (χ0v) is 11.1. The van der Waals surface area contributed by atoms with Crippen molar-refractivity contribution in [2.45, 2.75) is 24.8 Å². The monoisotopic (exact) mass is 279 g/mol. The van der Waals surface area contributed by atoms with Crippen LogP contribution in [0.25, 0.3) is 0 Å². The van der Waals surface area contributed by atoms with E-state index >= 15 is 0 Å². The third kappa shape index (κ3) is 2.12. The van der Waals surface area contributed by atoms with Crippen molar-refractivity contribution in [2.24, 2.45) is 5.73 Å². The van der Waals surface area contributed by atoms with Crippen molar-refractivity contribution in [3.05, 3.63) is 27.9 Å². The van der Waals surface area contributed by atoms with Crippen molar-refractivity contribution < 1.29 is 14.3 Å². The Balaban J connectivity index is 2.18. The number of carbonyl (C=O) groups is 1.